The maximum Gasteiger partial charge on any atom is 0.340 e. The number of carbonyl (C=O) groups is 2. The SMILES string of the molecule is O=C(O)CNCC(=O)O.O=P(O)(O)CCl. The highest BCUT2D eigenvalue weighted by atomic mass is 35.5. The van der Waals surface area contributed by atoms with Crippen molar-refractivity contribution in [1.29, 1.82) is 0 Å². The Kier molecular flexibility index (Phi) is 9.64. The molecule has 0 heterocycles. The van der Waals surface area contributed by atoms with Crippen molar-refractivity contribution in [2.45, 2.75) is 0 Å². The standard InChI is InChI=1S/C4H7NO4.CH4ClO3P/c6-3(7)1-5-2-4(8)9;2-1-6(3,4)5/h5H,1-2H2,(H,6,7)(H,8,9);1H2,(H2,3,4,5). The molecule has 0 spiro atoms. The smallest absolute Gasteiger partial charge is 0.340 e. The van der Waals surface area contributed by atoms with E-state index in [0.29, 0.717) is 0 Å². The topological polar surface area (TPSA) is 144 Å². The minimum atomic E-state index is -3.88. The third-order valence-corrected chi connectivity index (χ3v) is 1.95. The molecule has 15 heavy (non-hydrogen) atoms. The molecule has 0 bridgehead atoms. The van der Waals surface area contributed by atoms with Gasteiger partial charge in [0, 0.05) is 0 Å². The van der Waals surface area contributed by atoms with Crippen LogP contribution in [0.5, 0.6) is 0 Å². The number of carboxylic acid groups (broad SMARTS) is 2. The lowest BCUT2D eigenvalue weighted by atomic mass is 10.6. The van der Waals surface area contributed by atoms with Crippen LogP contribution in [0.15, 0.2) is 0 Å². The molecule has 5 N–H and O–H groups in total. The van der Waals surface area contributed by atoms with E-state index in [1.54, 1.807) is 0 Å². The van der Waals surface area contributed by atoms with Crippen molar-refractivity contribution in [2.24, 2.45) is 0 Å². The van der Waals surface area contributed by atoms with Crippen LogP contribution in [0, 0.1) is 0 Å². The molecular weight excluding hydrogens is 252 g/mol. The number of halogens is 1. The first-order valence-electron chi connectivity index (χ1n) is 3.44. The van der Waals surface area contributed by atoms with E-state index in [1.165, 1.54) is 0 Å². The number of rotatable bonds is 5. The van der Waals surface area contributed by atoms with E-state index in [9.17, 15) is 14.2 Å². The molecule has 0 saturated heterocycles. The number of alkyl halides is 1. The Morgan fingerprint density at radius 1 is 1.13 bits per heavy atom. The van der Waals surface area contributed by atoms with Crippen molar-refractivity contribution in [1.82, 2.24) is 5.32 Å². The second kappa shape index (κ2) is 8.63. The van der Waals surface area contributed by atoms with Gasteiger partial charge in [0.1, 0.15) is 5.62 Å². The number of nitrogens with one attached hydrogen (secondary N) is 1. The van der Waals surface area contributed by atoms with E-state index in [4.69, 9.17) is 31.6 Å². The number of hydrogen-bond donors (Lipinski definition) is 5. The van der Waals surface area contributed by atoms with Crippen molar-refractivity contribution in [3.8, 4) is 0 Å². The molecule has 0 aromatic carbocycles. The molecule has 0 aromatic heterocycles. The lowest BCUT2D eigenvalue weighted by Crippen LogP contribution is -2.27. The first-order chi connectivity index (χ1) is 6.69. The van der Waals surface area contributed by atoms with Crippen LogP contribution in [0.3, 0.4) is 0 Å². The Balaban J connectivity index is 0. The summed E-state index contributed by atoms with van der Waals surface area (Å²) >= 11 is 4.71. The lowest BCUT2D eigenvalue weighted by molar-refractivity contribution is -0.137. The zero-order chi connectivity index (χ0) is 12.5. The molecule has 0 fully saturated rings. The Morgan fingerprint density at radius 3 is 1.53 bits per heavy atom. The first kappa shape index (κ1) is 16.8. The maximum atomic E-state index is 9.73. The molecular formula is C5H11ClNO7P. The van der Waals surface area contributed by atoms with Gasteiger partial charge in [-0.05, 0) is 0 Å². The van der Waals surface area contributed by atoms with Crippen LogP contribution in [0.2, 0.25) is 0 Å². The van der Waals surface area contributed by atoms with Gasteiger partial charge in [-0.3, -0.25) is 19.5 Å². The van der Waals surface area contributed by atoms with E-state index in [0.717, 1.165) is 0 Å². The van der Waals surface area contributed by atoms with Crippen LogP contribution in [-0.2, 0) is 14.2 Å². The Bertz CT molecular complexity index is 238. The van der Waals surface area contributed by atoms with Gasteiger partial charge in [-0.25, -0.2) is 0 Å². The summed E-state index contributed by atoms with van der Waals surface area (Å²) in [7, 11) is -3.88. The van der Waals surface area contributed by atoms with Gasteiger partial charge >= 0.3 is 19.5 Å². The Morgan fingerprint density at radius 2 is 1.40 bits per heavy atom. The summed E-state index contributed by atoms with van der Waals surface area (Å²) < 4.78 is 9.56. The van der Waals surface area contributed by atoms with E-state index < -0.39 is 25.2 Å². The van der Waals surface area contributed by atoms with Crippen LogP contribution in [-0.4, -0.2) is 50.6 Å². The molecule has 0 aromatic rings. The lowest BCUT2D eigenvalue weighted by Gasteiger charge is -1.93. The number of aliphatic carboxylic acids is 2. The van der Waals surface area contributed by atoms with Gasteiger partial charge in [-0.2, -0.15) is 0 Å². The molecule has 8 nitrogen and oxygen atoms in total. The summed E-state index contributed by atoms with van der Waals surface area (Å²) in [5.41, 5.74) is -0.590. The predicted octanol–water partition coefficient (Wildman–Crippen LogP) is -0.894. The van der Waals surface area contributed by atoms with Crippen LogP contribution in [0.4, 0.5) is 0 Å². The van der Waals surface area contributed by atoms with Gasteiger partial charge in [-0.1, -0.05) is 0 Å². The van der Waals surface area contributed by atoms with Crippen molar-refractivity contribution >= 4 is 31.1 Å². The van der Waals surface area contributed by atoms with Gasteiger partial charge in [-0.15, -0.1) is 11.6 Å². The monoisotopic (exact) mass is 263 g/mol. The third kappa shape index (κ3) is 24.7. The zero-order valence-corrected chi connectivity index (χ0v) is 9.11. The van der Waals surface area contributed by atoms with Crippen LogP contribution in [0.1, 0.15) is 0 Å². The van der Waals surface area contributed by atoms with Crippen molar-refractivity contribution in [3.05, 3.63) is 0 Å². The van der Waals surface area contributed by atoms with Gasteiger partial charge < -0.3 is 20.0 Å². The summed E-state index contributed by atoms with van der Waals surface area (Å²) in [6.45, 7) is -0.626. The molecule has 0 aliphatic carbocycles. The minimum Gasteiger partial charge on any atom is -0.480 e. The van der Waals surface area contributed by atoms with E-state index in [2.05, 4.69) is 5.32 Å². The minimum absolute atomic E-state index is 0.313. The highest BCUT2D eigenvalue weighted by Gasteiger charge is 2.07. The van der Waals surface area contributed by atoms with Crippen LogP contribution in [0.25, 0.3) is 0 Å². The molecule has 0 aliphatic heterocycles. The number of hydrogen-bond acceptors (Lipinski definition) is 4. The quantitative estimate of drug-likeness (QED) is 0.317. The predicted molar refractivity (Wildman–Crippen MR) is 50.9 cm³/mol. The molecule has 0 unspecified atom stereocenters. The average Bonchev–Trinajstić information content (AvgIpc) is 2.02. The molecule has 0 aliphatic rings. The molecule has 10 heteroatoms. The normalized spacial score (nSPS) is 10.1. The molecule has 0 saturated carbocycles. The summed E-state index contributed by atoms with van der Waals surface area (Å²) in [5, 5.41) is 18.1. The Labute approximate surface area is 90.0 Å². The van der Waals surface area contributed by atoms with Crippen LogP contribution < -0.4 is 5.32 Å². The fourth-order valence-corrected chi connectivity index (χ4v) is 0.276. The van der Waals surface area contributed by atoms with Gasteiger partial charge in [0.15, 0.2) is 0 Å². The van der Waals surface area contributed by atoms with Crippen molar-refractivity contribution < 1.29 is 34.2 Å². The maximum absolute atomic E-state index is 9.73. The Hall–Kier alpha value is -0.660. The summed E-state index contributed by atoms with van der Waals surface area (Å²) in [6.07, 6.45) is 0. The molecule has 0 radical (unpaired) electrons. The zero-order valence-electron chi connectivity index (χ0n) is 7.46. The molecule has 0 atom stereocenters. The largest absolute Gasteiger partial charge is 0.480 e. The van der Waals surface area contributed by atoms with Gasteiger partial charge in [0.25, 0.3) is 0 Å². The molecule has 0 amide bonds. The van der Waals surface area contributed by atoms with E-state index in [-0.39, 0.29) is 13.1 Å². The molecule has 90 valence electrons. The summed E-state index contributed by atoms with van der Waals surface area (Å²) in [5.74, 6) is -2.12. The highest BCUT2D eigenvalue weighted by molar-refractivity contribution is 7.53. The average molecular weight is 264 g/mol. The van der Waals surface area contributed by atoms with Gasteiger partial charge in [0.2, 0.25) is 0 Å². The van der Waals surface area contributed by atoms with Crippen molar-refractivity contribution in [3.63, 3.8) is 0 Å². The number of carboxylic acids is 2. The summed E-state index contributed by atoms with van der Waals surface area (Å²) in [6, 6.07) is 0. The van der Waals surface area contributed by atoms with Crippen molar-refractivity contribution in [2.75, 3.05) is 18.7 Å². The summed E-state index contributed by atoms with van der Waals surface area (Å²) in [4.78, 5) is 35.1. The highest BCUT2D eigenvalue weighted by Crippen LogP contribution is 2.34. The molecule has 0 rings (SSSR count). The fraction of sp³-hybridized carbons (Fsp3) is 0.600. The first-order valence-corrected chi connectivity index (χ1v) is 5.77. The fourth-order valence-electron chi connectivity index (χ4n) is 0.276. The third-order valence-electron chi connectivity index (χ3n) is 0.708. The second-order valence-corrected chi connectivity index (χ2v) is 4.46. The van der Waals surface area contributed by atoms with E-state index >= 15 is 0 Å². The van der Waals surface area contributed by atoms with Gasteiger partial charge in [0.05, 0.1) is 13.1 Å². The van der Waals surface area contributed by atoms with Crippen LogP contribution >= 0.6 is 19.2 Å². The second-order valence-electron chi connectivity index (χ2n) is 2.18. The van der Waals surface area contributed by atoms with E-state index in [1.807, 2.05) is 0 Å².